The molecule has 4 atom stereocenters. The summed E-state index contributed by atoms with van der Waals surface area (Å²) in [5.41, 5.74) is 1.86. The maximum absolute atomic E-state index is 6.13. The third-order valence-electron chi connectivity index (χ3n) is 7.72. The number of ether oxygens (including phenoxy) is 4. The number of halogens is 2. The third-order valence-corrected chi connectivity index (χ3v) is 7.72. The fourth-order valence-corrected chi connectivity index (χ4v) is 5.74. The molecule has 0 radical (unpaired) electrons. The number of pyridine rings is 1. The summed E-state index contributed by atoms with van der Waals surface area (Å²) in [6.45, 7) is 5.34. The van der Waals surface area contributed by atoms with Crippen LogP contribution in [-0.2, 0) is 35.7 Å². The second kappa shape index (κ2) is 19.7. The molecular weight excluding hydrogens is 584 g/mol. The summed E-state index contributed by atoms with van der Waals surface area (Å²) in [5, 5.41) is 15.3. The molecule has 4 N–H and O–H groups in total. The van der Waals surface area contributed by atoms with Gasteiger partial charge >= 0.3 is 33.3 Å². The summed E-state index contributed by atoms with van der Waals surface area (Å²) in [7, 11) is 13.0. The van der Waals surface area contributed by atoms with Crippen LogP contribution >= 0.6 is 20.2 Å². The van der Waals surface area contributed by atoms with Gasteiger partial charge in [0.15, 0.2) is 0 Å². The Morgan fingerprint density at radius 2 is 1.08 bits per heavy atom. The molecule has 0 unspecified atom stereocenters. The van der Waals surface area contributed by atoms with Gasteiger partial charge in [-0.05, 0) is 25.7 Å². The van der Waals surface area contributed by atoms with Crippen LogP contribution in [0.25, 0.3) is 0 Å². The number of aromatic nitrogens is 1. The van der Waals surface area contributed by atoms with Gasteiger partial charge in [-0.1, -0.05) is 25.7 Å². The molecule has 3 aliphatic rings. The zero-order valence-electron chi connectivity index (χ0n) is 23.4. The molecule has 2 aliphatic carbocycles. The quantitative estimate of drug-likeness (QED) is 0.254. The second-order valence-electron chi connectivity index (χ2n) is 10.3. The van der Waals surface area contributed by atoms with Crippen molar-refractivity contribution in [2.75, 3.05) is 53.7 Å². The van der Waals surface area contributed by atoms with E-state index in [4.69, 9.17) is 44.1 Å². The Kier molecular flexibility index (Phi) is 16.7. The summed E-state index contributed by atoms with van der Waals surface area (Å²) in [6, 6.07) is 3.84. The molecule has 1 aromatic heterocycles. The first-order valence-electron chi connectivity index (χ1n) is 14.3. The Hall–Kier alpha value is -0.391. The first kappa shape index (κ1) is 33.1. The van der Waals surface area contributed by atoms with Gasteiger partial charge in [0.25, 0.3) is 0 Å². The molecule has 0 spiro atoms. The fourth-order valence-electron chi connectivity index (χ4n) is 5.74. The van der Waals surface area contributed by atoms with Crippen LogP contribution in [0.2, 0.25) is 0 Å². The van der Waals surface area contributed by atoms with E-state index in [1.807, 2.05) is 6.07 Å². The third kappa shape index (κ3) is 11.4. The Morgan fingerprint density at radius 1 is 0.692 bits per heavy atom. The van der Waals surface area contributed by atoms with Crippen LogP contribution < -0.4 is 30.7 Å². The van der Waals surface area contributed by atoms with E-state index < -0.39 is 0 Å². The molecule has 2 saturated carbocycles. The normalized spacial score (nSPS) is 26.1. The van der Waals surface area contributed by atoms with Gasteiger partial charge in [-0.25, -0.2) is 4.98 Å². The molecule has 1 aliphatic heterocycles. The summed E-state index contributed by atoms with van der Waals surface area (Å²) in [5.74, 6) is 1.52. The molecule has 39 heavy (non-hydrogen) atoms. The molecule has 0 amide bonds. The molecule has 0 saturated heterocycles. The summed E-state index contributed by atoms with van der Waals surface area (Å²) in [4.78, 5) is 5.12. The van der Waals surface area contributed by atoms with Crippen molar-refractivity contribution in [2.24, 2.45) is 0 Å². The van der Waals surface area contributed by atoms with E-state index in [0.717, 1.165) is 36.0 Å². The van der Waals surface area contributed by atoms with Crippen LogP contribution in [-0.4, -0.2) is 82.9 Å². The van der Waals surface area contributed by atoms with Crippen LogP contribution in [0.5, 0.6) is 11.5 Å². The van der Waals surface area contributed by atoms with Gasteiger partial charge in [0.2, 0.25) is 0 Å². The van der Waals surface area contributed by atoms with E-state index >= 15 is 0 Å². The molecule has 1 aromatic rings. The molecule has 12 heteroatoms. The number of rotatable bonds is 8. The summed E-state index contributed by atoms with van der Waals surface area (Å²) < 4.78 is 22.7. The zero-order chi connectivity index (χ0) is 27.7. The van der Waals surface area contributed by atoms with Crippen LogP contribution in [0.15, 0.2) is 6.07 Å². The Morgan fingerprint density at radius 3 is 1.46 bits per heavy atom. The second-order valence-corrected chi connectivity index (χ2v) is 12.2. The molecule has 2 heterocycles. The molecule has 225 valence electrons. The van der Waals surface area contributed by atoms with Crippen LogP contribution in [0.4, 0.5) is 0 Å². The number of nitrogens with zero attached hydrogens (tertiary/aromatic N) is 1. The van der Waals surface area contributed by atoms with Crippen molar-refractivity contribution in [3.05, 3.63) is 17.5 Å². The molecule has 9 nitrogen and oxygen atoms in total. The van der Waals surface area contributed by atoms with Crippen LogP contribution in [0.3, 0.4) is 0 Å². The van der Waals surface area contributed by atoms with Gasteiger partial charge < -0.3 is 40.2 Å². The fraction of sp³-hybridized carbons (Fsp3) is 0.815. The molecular formula is C27H47Cl2MnN5O4. The van der Waals surface area contributed by atoms with Gasteiger partial charge in [-0.3, -0.25) is 0 Å². The molecule has 0 aromatic carbocycles. The maximum atomic E-state index is 6.13. The van der Waals surface area contributed by atoms with E-state index in [-0.39, 0.29) is 13.1 Å². The van der Waals surface area contributed by atoms with E-state index in [0.29, 0.717) is 63.7 Å². The van der Waals surface area contributed by atoms with Crippen molar-refractivity contribution in [3.63, 3.8) is 0 Å². The van der Waals surface area contributed by atoms with Crippen molar-refractivity contribution in [2.45, 2.75) is 88.6 Å². The van der Waals surface area contributed by atoms with E-state index in [1.165, 1.54) is 51.4 Å². The van der Waals surface area contributed by atoms with Crippen LogP contribution in [0, 0.1) is 0 Å². The first-order valence-corrected chi connectivity index (χ1v) is 17.5. The zero-order valence-corrected chi connectivity index (χ0v) is 26.1. The van der Waals surface area contributed by atoms with Crippen LogP contribution in [0.1, 0.15) is 62.8 Å². The average Bonchev–Trinajstić information content (AvgIpc) is 2.96. The van der Waals surface area contributed by atoms with Gasteiger partial charge in [0.05, 0.1) is 24.6 Å². The Balaban J connectivity index is 0.00000134. The Bertz CT molecular complexity index is 756. The van der Waals surface area contributed by atoms with Crippen molar-refractivity contribution >= 4 is 20.2 Å². The number of hydrogen-bond acceptors (Lipinski definition) is 9. The van der Waals surface area contributed by atoms with Gasteiger partial charge in [-0.15, -0.1) is 0 Å². The topological polar surface area (TPSA) is 97.9 Å². The standard InChI is InChI=1S/C27H47N5O4.2ClH.Mn/c1-33-13-15-35-26-17-27(36-16-14-34-2)25-19-31-23-10-6-4-8-21(23)29-12-11-28-20-7-3-5-9-22(20)30-18-24(26)32-25;;;/h17,20-23,28-31H,3-16,18-19H2,1-2H3;2*1H;/q;;;+2/p-2/t20-,21-,22-,23-;;;/m1.../s1. The van der Waals surface area contributed by atoms with Crippen molar-refractivity contribution in [3.8, 4) is 11.5 Å². The SMILES string of the molecule is COCCOc1cc(OCCOC)c2nc1CN[C@@H]1CCCC[C@H]1NCCN[C@@H]1CCCC[C@H]1NC2.[Cl][Mn][Cl]. The molecule has 4 rings (SSSR count). The number of hydrogen-bond donors (Lipinski definition) is 4. The van der Waals surface area contributed by atoms with Crippen molar-refractivity contribution < 1.29 is 32.1 Å². The van der Waals surface area contributed by atoms with Gasteiger partial charge in [0, 0.05) is 70.6 Å². The van der Waals surface area contributed by atoms with Crippen molar-refractivity contribution in [1.29, 1.82) is 0 Å². The molecule has 2 bridgehead atoms. The number of fused-ring (bicyclic) bond motifs is 4. The van der Waals surface area contributed by atoms with Gasteiger partial charge in [0.1, 0.15) is 24.7 Å². The van der Waals surface area contributed by atoms with E-state index in [1.54, 1.807) is 14.2 Å². The van der Waals surface area contributed by atoms with E-state index in [2.05, 4.69) is 21.3 Å². The predicted octanol–water partition coefficient (Wildman–Crippen LogP) is 3.50. The minimum atomic E-state index is 0.00694. The van der Waals surface area contributed by atoms with E-state index in [9.17, 15) is 0 Å². The molecule has 2 fully saturated rings. The summed E-state index contributed by atoms with van der Waals surface area (Å²) >= 11 is 0.00694. The average molecular weight is 632 g/mol. The Labute approximate surface area is 249 Å². The minimum absolute atomic E-state index is 0.00694. The number of methoxy groups -OCH3 is 2. The predicted molar refractivity (Wildman–Crippen MR) is 152 cm³/mol. The van der Waals surface area contributed by atoms with Crippen molar-refractivity contribution in [1.82, 2.24) is 26.3 Å². The van der Waals surface area contributed by atoms with Gasteiger partial charge in [-0.2, -0.15) is 0 Å². The summed E-state index contributed by atoms with van der Waals surface area (Å²) in [6.07, 6.45) is 9.91. The monoisotopic (exact) mass is 630 g/mol. The number of nitrogens with one attached hydrogen (secondary N) is 4. The first-order chi connectivity index (χ1) is 19.2.